The first-order chi connectivity index (χ1) is 14.9. The van der Waals surface area contributed by atoms with E-state index in [9.17, 15) is 23.6 Å². The van der Waals surface area contributed by atoms with Crippen molar-refractivity contribution in [1.29, 1.82) is 0 Å². The van der Waals surface area contributed by atoms with Gasteiger partial charge in [0.1, 0.15) is 12.4 Å². The molecule has 0 unspecified atom stereocenters. The minimum atomic E-state index is -0.696. The Morgan fingerprint density at radius 1 is 1.00 bits per heavy atom. The molecule has 4 amide bonds. The van der Waals surface area contributed by atoms with Gasteiger partial charge in [0.25, 0.3) is 17.7 Å². The van der Waals surface area contributed by atoms with Crippen LogP contribution in [0.4, 0.5) is 4.39 Å². The number of nitrogens with zero attached hydrogens (tertiary/aromatic N) is 2. The number of hydrogen-bond donors (Lipinski definition) is 1. The van der Waals surface area contributed by atoms with E-state index in [2.05, 4.69) is 5.32 Å². The third-order valence-electron chi connectivity index (χ3n) is 5.54. The molecule has 2 aliphatic heterocycles. The molecule has 31 heavy (non-hydrogen) atoms. The van der Waals surface area contributed by atoms with E-state index in [1.54, 1.807) is 29.2 Å². The lowest BCUT2D eigenvalue weighted by Crippen LogP contribution is -2.49. The molecule has 0 radical (unpaired) electrons. The molecule has 1 N–H and O–H groups in total. The zero-order chi connectivity index (χ0) is 22.1. The van der Waals surface area contributed by atoms with Gasteiger partial charge in [0.05, 0.1) is 21.7 Å². The van der Waals surface area contributed by atoms with Crippen molar-refractivity contribution in [3.05, 3.63) is 70.0 Å². The van der Waals surface area contributed by atoms with Crippen molar-refractivity contribution in [1.82, 2.24) is 15.1 Å². The van der Waals surface area contributed by atoms with Crippen LogP contribution in [0.25, 0.3) is 0 Å². The Morgan fingerprint density at radius 3 is 2.19 bits per heavy atom. The molecular formula is C22H19ClFN3O4. The van der Waals surface area contributed by atoms with Gasteiger partial charge in [-0.3, -0.25) is 24.1 Å². The number of nitrogens with one attached hydrogen (secondary N) is 1. The molecule has 2 aromatic rings. The lowest BCUT2D eigenvalue weighted by Gasteiger charge is -2.33. The summed E-state index contributed by atoms with van der Waals surface area (Å²) in [6, 6.07) is 10.3. The number of imide groups is 1. The Balaban J connectivity index is 1.32. The Morgan fingerprint density at radius 2 is 1.61 bits per heavy atom. The maximum absolute atomic E-state index is 13.9. The largest absolute Gasteiger partial charge is 0.349 e. The molecule has 0 bridgehead atoms. The van der Waals surface area contributed by atoms with Crippen LogP contribution in [-0.4, -0.2) is 59.1 Å². The predicted octanol–water partition coefficient (Wildman–Crippen LogP) is 2.50. The highest BCUT2D eigenvalue weighted by Crippen LogP contribution is 2.23. The molecule has 0 aliphatic carbocycles. The number of benzene rings is 2. The van der Waals surface area contributed by atoms with Crippen LogP contribution in [0.2, 0.25) is 5.02 Å². The zero-order valence-corrected chi connectivity index (χ0v) is 17.2. The fourth-order valence-electron chi connectivity index (χ4n) is 3.86. The van der Waals surface area contributed by atoms with E-state index in [0.29, 0.717) is 37.1 Å². The first-order valence-corrected chi connectivity index (χ1v) is 10.2. The van der Waals surface area contributed by atoms with Crippen LogP contribution < -0.4 is 5.32 Å². The lowest BCUT2D eigenvalue weighted by molar-refractivity contribution is -0.132. The normalized spacial score (nSPS) is 16.5. The van der Waals surface area contributed by atoms with E-state index < -0.39 is 23.5 Å². The molecule has 0 atom stereocenters. The number of fused-ring (bicyclic) bond motifs is 1. The van der Waals surface area contributed by atoms with Crippen molar-refractivity contribution in [3.8, 4) is 0 Å². The van der Waals surface area contributed by atoms with Crippen LogP contribution in [0.3, 0.4) is 0 Å². The molecule has 2 aromatic carbocycles. The van der Waals surface area contributed by atoms with Crippen molar-refractivity contribution in [2.45, 2.75) is 18.9 Å². The van der Waals surface area contributed by atoms with Gasteiger partial charge in [-0.2, -0.15) is 0 Å². The van der Waals surface area contributed by atoms with Crippen LogP contribution >= 0.6 is 11.6 Å². The van der Waals surface area contributed by atoms with Crippen LogP contribution in [-0.2, 0) is 4.79 Å². The third-order valence-corrected chi connectivity index (χ3v) is 5.86. The smallest absolute Gasteiger partial charge is 0.262 e. The van der Waals surface area contributed by atoms with Gasteiger partial charge < -0.3 is 10.2 Å². The fourth-order valence-corrected chi connectivity index (χ4v) is 4.11. The summed E-state index contributed by atoms with van der Waals surface area (Å²) in [4.78, 5) is 52.4. The van der Waals surface area contributed by atoms with Crippen molar-refractivity contribution >= 4 is 35.2 Å². The summed E-state index contributed by atoms with van der Waals surface area (Å²) in [5.41, 5.74) is 0.398. The standard InChI is InChI=1S/C22H19ClFN3O4/c23-16-6-3-7-17(24)19(16)20(29)25-13-8-10-26(11-9-13)18(28)12-27-21(30)14-4-1-2-5-15(14)22(27)31/h1-7,13H,8-12H2,(H,25,29). The first kappa shape index (κ1) is 21.0. The van der Waals surface area contributed by atoms with Crippen molar-refractivity contribution in [3.63, 3.8) is 0 Å². The van der Waals surface area contributed by atoms with Crippen LogP contribution in [0.5, 0.6) is 0 Å². The van der Waals surface area contributed by atoms with Crippen molar-refractivity contribution in [2.75, 3.05) is 19.6 Å². The maximum atomic E-state index is 13.9. The van der Waals surface area contributed by atoms with Gasteiger partial charge in [0.15, 0.2) is 0 Å². The van der Waals surface area contributed by atoms with Gasteiger partial charge in [-0.25, -0.2) is 4.39 Å². The zero-order valence-electron chi connectivity index (χ0n) is 16.4. The first-order valence-electron chi connectivity index (χ1n) is 9.84. The average Bonchev–Trinajstić information content (AvgIpc) is 2.99. The molecular weight excluding hydrogens is 425 g/mol. The van der Waals surface area contributed by atoms with Crippen molar-refractivity contribution < 1.29 is 23.6 Å². The predicted molar refractivity (Wildman–Crippen MR) is 110 cm³/mol. The summed E-state index contributed by atoms with van der Waals surface area (Å²) in [6.45, 7) is 0.365. The lowest BCUT2D eigenvalue weighted by atomic mass is 10.0. The molecule has 2 heterocycles. The molecule has 1 saturated heterocycles. The topological polar surface area (TPSA) is 86.8 Å². The van der Waals surface area contributed by atoms with Gasteiger partial charge in [-0.15, -0.1) is 0 Å². The molecule has 160 valence electrons. The number of carbonyl (C=O) groups excluding carboxylic acids is 4. The highest BCUT2D eigenvalue weighted by Gasteiger charge is 2.37. The minimum Gasteiger partial charge on any atom is -0.349 e. The van der Waals surface area contributed by atoms with Crippen LogP contribution in [0, 0.1) is 5.82 Å². The van der Waals surface area contributed by atoms with E-state index in [4.69, 9.17) is 11.6 Å². The molecule has 4 rings (SSSR count). The highest BCUT2D eigenvalue weighted by molar-refractivity contribution is 6.33. The summed E-state index contributed by atoms with van der Waals surface area (Å²) < 4.78 is 13.9. The Hall–Kier alpha value is -3.26. The number of rotatable bonds is 4. The maximum Gasteiger partial charge on any atom is 0.262 e. The highest BCUT2D eigenvalue weighted by atomic mass is 35.5. The Kier molecular flexibility index (Phi) is 5.73. The number of likely N-dealkylation sites (tertiary alicyclic amines) is 1. The second kappa shape index (κ2) is 8.47. The molecule has 7 nitrogen and oxygen atoms in total. The molecule has 9 heteroatoms. The van der Waals surface area contributed by atoms with Gasteiger partial charge in [0.2, 0.25) is 5.91 Å². The van der Waals surface area contributed by atoms with Gasteiger partial charge in [-0.1, -0.05) is 29.8 Å². The minimum absolute atomic E-state index is 0.0334. The van der Waals surface area contributed by atoms with Gasteiger partial charge in [-0.05, 0) is 37.1 Å². The van der Waals surface area contributed by atoms with E-state index in [0.717, 1.165) is 4.90 Å². The quantitative estimate of drug-likeness (QED) is 0.735. The van der Waals surface area contributed by atoms with E-state index >= 15 is 0 Å². The monoisotopic (exact) mass is 443 g/mol. The number of amides is 4. The molecule has 0 aromatic heterocycles. The second-order valence-electron chi connectivity index (χ2n) is 7.47. The fraction of sp³-hybridized carbons (Fsp3) is 0.273. The van der Waals surface area contributed by atoms with Crippen LogP contribution in [0.1, 0.15) is 43.9 Å². The summed E-state index contributed by atoms with van der Waals surface area (Å²) in [5.74, 6) is -2.58. The number of halogens is 2. The number of hydrogen-bond acceptors (Lipinski definition) is 4. The van der Waals surface area contributed by atoms with E-state index in [1.165, 1.54) is 18.2 Å². The van der Waals surface area contributed by atoms with E-state index in [-0.39, 0.29) is 29.1 Å². The Bertz CT molecular complexity index is 1030. The molecule has 0 spiro atoms. The van der Waals surface area contributed by atoms with Gasteiger partial charge in [0, 0.05) is 19.1 Å². The Labute approximate surface area is 182 Å². The molecule has 1 fully saturated rings. The van der Waals surface area contributed by atoms with Gasteiger partial charge >= 0.3 is 0 Å². The third kappa shape index (κ3) is 4.03. The molecule has 2 aliphatic rings. The molecule has 0 saturated carbocycles. The van der Waals surface area contributed by atoms with E-state index in [1.807, 2.05) is 0 Å². The summed E-state index contributed by atoms with van der Waals surface area (Å²) in [6.07, 6.45) is 0.928. The SMILES string of the molecule is O=C(NC1CCN(C(=O)CN2C(=O)c3ccccc3C2=O)CC1)c1c(F)cccc1Cl. The summed E-state index contributed by atoms with van der Waals surface area (Å²) >= 11 is 5.93. The van der Waals surface area contributed by atoms with Crippen molar-refractivity contribution in [2.24, 2.45) is 0 Å². The second-order valence-corrected chi connectivity index (χ2v) is 7.87. The number of piperidine rings is 1. The number of carbonyl (C=O) groups is 4. The summed E-state index contributed by atoms with van der Waals surface area (Å²) in [7, 11) is 0. The van der Waals surface area contributed by atoms with Crippen LogP contribution in [0.15, 0.2) is 42.5 Å². The average molecular weight is 444 g/mol. The summed E-state index contributed by atoms with van der Waals surface area (Å²) in [5, 5.41) is 2.79.